The second-order valence-corrected chi connectivity index (χ2v) is 4.95. The molecule has 17 heavy (non-hydrogen) atoms. The number of benzene rings is 1. The third kappa shape index (κ3) is 2.91. The van der Waals surface area contributed by atoms with Crippen LogP contribution in [0.25, 0.3) is 0 Å². The van der Waals surface area contributed by atoms with Crippen LogP contribution in [0.15, 0.2) is 52.0 Å². The van der Waals surface area contributed by atoms with Gasteiger partial charge in [0.25, 0.3) is 0 Å². The molecule has 0 radical (unpaired) electrons. The SMILES string of the molecule is CCSc1ccc(C(NN)c2ccco2)cc1. The van der Waals surface area contributed by atoms with Gasteiger partial charge in [-0.15, -0.1) is 11.8 Å². The number of rotatable bonds is 5. The minimum absolute atomic E-state index is 0.0920. The second kappa shape index (κ2) is 5.91. The topological polar surface area (TPSA) is 51.2 Å². The van der Waals surface area contributed by atoms with Crippen LogP contribution in [0, 0.1) is 0 Å². The number of furan rings is 1. The molecule has 1 aromatic heterocycles. The quantitative estimate of drug-likeness (QED) is 0.485. The predicted molar refractivity (Wildman–Crippen MR) is 70.7 cm³/mol. The molecule has 4 heteroatoms. The first-order valence-electron chi connectivity index (χ1n) is 5.57. The number of nitrogens with one attached hydrogen (secondary N) is 1. The summed E-state index contributed by atoms with van der Waals surface area (Å²) >= 11 is 1.83. The maximum absolute atomic E-state index is 5.58. The van der Waals surface area contributed by atoms with Gasteiger partial charge in [0.05, 0.1) is 6.26 Å². The Kier molecular flexibility index (Phi) is 4.25. The Hall–Kier alpha value is -1.23. The second-order valence-electron chi connectivity index (χ2n) is 3.62. The molecule has 2 rings (SSSR count). The predicted octanol–water partition coefficient (Wildman–Crippen LogP) is 2.94. The molecule has 3 N–H and O–H groups in total. The lowest BCUT2D eigenvalue weighted by molar-refractivity contribution is 0.452. The van der Waals surface area contributed by atoms with Gasteiger partial charge in [-0.2, -0.15) is 0 Å². The van der Waals surface area contributed by atoms with Crippen molar-refractivity contribution in [1.82, 2.24) is 5.43 Å². The Morgan fingerprint density at radius 1 is 1.29 bits per heavy atom. The number of nitrogens with two attached hydrogens (primary N) is 1. The monoisotopic (exact) mass is 248 g/mol. The summed E-state index contributed by atoms with van der Waals surface area (Å²) in [6, 6.07) is 12.1. The van der Waals surface area contributed by atoms with Crippen molar-refractivity contribution < 1.29 is 4.42 Å². The van der Waals surface area contributed by atoms with E-state index in [0.29, 0.717) is 0 Å². The van der Waals surface area contributed by atoms with Gasteiger partial charge in [-0.3, -0.25) is 5.84 Å². The molecule has 90 valence electrons. The van der Waals surface area contributed by atoms with Gasteiger partial charge >= 0.3 is 0 Å². The minimum Gasteiger partial charge on any atom is -0.467 e. The van der Waals surface area contributed by atoms with Crippen molar-refractivity contribution in [2.24, 2.45) is 5.84 Å². The summed E-state index contributed by atoms with van der Waals surface area (Å²) in [7, 11) is 0. The Bertz CT molecular complexity index is 439. The molecule has 0 saturated heterocycles. The molecule has 0 aliphatic carbocycles. The van der Waals surface area contributed by atoms with Crippen LogP contribution in [0.3, 0.4) is 0 Å². The van der Waals surface area contributed by atoms with E-state index in [-0.39, 0.29) is 6.04 Å². The fourth-order valence-electron chi connectivity index (χ4n) is 1.72. The van der Waals surface area contributed by atoms with Crippen molar-refractivity contribution >= 4 is 11.8 Å². The lowest BCUT2D eigenvalue weighted by atomic mass is 10.1. The van der Waals surface area contributed by atoms with Crippen LogP contribution < -0.4 is 11.3 Å². The largest absolute Gasteiger partial charge is 0.467 e. The lowest BCUT2D eigenvalue weighted by Gasteiger charge is -2.14. The number of hydrogen-bond donors (Lipinski definition) is 2. The van der Waals surface area contributed by atoms with Gasteiger partial charge in [0.1, 0.15) is 11.8 Å². The standard InChI is InChI=1S/C13H16N2OS/c1-2-17-11-7-5-10(6-8-11)13(15-14)12-4-3-9-16-12/h3-9,13,15H,2,14H2,1H3. The van der Waals surface area contributed by atoms with E-state index in [2.05, 4.69) is 36.6 Å². The van der Waals surface area contributed by atoms with Gasteiger partial charge in [0, 0.05) is 4.90 Å². The summed E-state index contributed by atoms with van der Waals surface area (Å²) in [6.07, 6.45) is 1.65. The van der Waals surface area contributed by atoms with Crippen LogP contribution in [-0.4, -0.2) is 5.75 Å². The molecule has 0 amide bonds. The third-order valence-corrected chi connectivity index (χ3v) is 3.41. The zero-order valence-corrected chi connectivity index (χ0v) is 10.5. The molecule has 1 aromatic carbocycles. The molecule has 0 saturated carbocycles. The molecule has 2 aromatic rings. The smallest absolute Gasteiger partial charge is 0.126 e. The highest BCUT2D eigenvalue weighted by Crippen LogP contribution is 2.24. The lowest BCUT2D eigenvalue weighted by Crippen LogP contribution is -2.28. The molecule has 0 bridgehead atoms. The van der Waals surface area contributed by atoms with Crippen LogP contribution >= 0.6 is 11.8 Å². The zero-order chi connectivity index (χ0) is 12.1. The molecule has 0 aliphatic heterocycles. The van der Waals surface area contributed by atoms with E-state index in [0.717, 1.165) is 17.1 Å². The van der Waals surface area contributed by atoms with Crippen molar-refractivity contribution in [2.75, 3.05) is 5.75 Å². The highest BCUT2D eigenvalue weighted by molar-refractivity contribution is 7.99. The molecule has 1 unspecified atom stereocenters. The fourth-order valence-corrected chi connectivity index (χ4v) is 2.38. The Labute approximate surface area is 105 Å². The Balaban J connectivity index is 2.20. The molecular weight excluding hydrogens is 232 g/mol. The molecule has 3 nitrogen and oxygen atoms in total. The third-order valence-electron chi connectivity index (χ3n) is 2.52. The van der Waals surface area contributed by atoms with E-state index in [1.807, 2.05) is 23.9 Å². The molecular formula is C13H16N2OS. The number of thioether (sulfide) groups is 1. The first-order valence-corrected chi connectivity index (χ1v) is 6.56. The summed E-state index contributed by atoms with van der Waals surface area (Å²) in [6.45, 7) is 2.14. The summed E-state index contributed by atoms with van der Waals surface area (Å²) in [4.78, 5) is 1.27. The summed E-state index contributed by atoms with van der Waals surface area (Å²) in [5.74, 6) is 7.48. The fraction of sp³-hybridized carbons (Fsp3) is 0.231. The van der Waals surface area contributed by atoms with E-state index in [4.69, 9.17) is 10.3 Å². The van der Waals surface area contributed by atoms with Gasteiger partial charge < -0.3 is 4.42 Å². The molecule has 0 fully saturated rings. The van der Waals surface area contributed by atoms with Crippen LogP contribution in [0.5, 0.6) is 0 Å². The molecule has 0 aliphatic rings. The van der Waals surface area contributed by atoms with Crippen molar-refractivity contribution in [3.8, 4) is 0 Å². The maximum Gasteiger partial charge on any atom is 0.126 e. The normalized spacial score (nSPS) is 12.6. The maximum atomic E-state index is 5.58. The van der Waals surface area contributed by atoms with Crippen LogP contribution in [0.4, 0.5) is 0 Å². The van der Waals surface area contributed by atoms with Crippen LogP contribution in [0.1, 0.15) is 24.3 Å². The number of hydrazine groups is 1. The molecule has 1 heterocycles. The number of hydrogen-bond acceptors (Lipinski definition) is 4. The van der Waals surface area contributed by atoms with E-state index < -0.39 is 0 Å². The van der Waals surface area contributed by atoms with Gasteiger partial charge in [0.2, 0.25) is 0 Å². The molecule has 0 spiro atoms. The van der Waals surface area contributed by atoms with E-state index in [1.54, 1.807) is 6.26 Å². The van der Waals surface area contributed by atoms with Crippen LogP contribution in [0.2, 0.25) is 0 Å². The van der Waals surface area contributed by atoms with Gasteiger partial charge in [-0.25, -0.2) is 5.43 Å². The Morgan fingerprint density at radius 2 is 2.06 bits per heavy atom. The van der Waals surface area contributed by atoms with E-state index >= 15 is 0 Å². The van der Waals surface area contributed by atoms with Crippen molar-refractivity contribution in [1.29, 1.82) is 0 Å². The average molecular weight is 248 g/mol. The van der Waals surface area contributed by atoms with Crippen molar-refractivity contribution in [3.05, 3.63) is 54.0 Å². The van der Waals surface area contributed by atoms with E-state index in [1.165, 1.54) is 4.90 Å². The van der Waals surface area contributed by atoms with E-state index in [9.17, 15) is 0 Å². The van der Waals surface area contributed by atoms with Crippen molar-refractivity contribution in [3.63, 3.8) is 0 Å². The molecule has 1 atom stereocenters. The highest BCUT2D eigenvalue weighted by atomic mass is 32.2. The van der Waals surface area contributed by atoms with Gasteiger partial charge in [-0.1, -0.05) is 19.1 Å². The van der Waals surface area contributed by atoms with Gasteiger partial charge in [0.15, 0.2) is 0 Å². The first kappa shape index (κ1) is 12.2. The summed E-state index contributed by atoms with van der Waals surface area (Å²) in [5, 5.41) is 0. The average Bonchev–Trinajstić information content (AvgIpc) is 2.86. The van der Waals surface area contributed by atoms with Crippen LogP contribution in [-0.2, 0) is 0 Å². The summed E-state index contributed by atoms with van der Waals surface area (Å²) in [5.41, 5.74) is 3.87. The zero-order valence-electron chi connectivity index (χ0n) is 9.72. The Morgan fingerprint density at radius 3 is 2.59 bits per heavy atom. The minimum atomic E-state index is -0.0920. The van der Waals surface area contributed by atoms with Gasteiger partial charge in [-0.05, 0) is 35.6 Å². The summed E-state index contributed by atoms with van der Waals surface area (Å²) < 4.78 is 5.37. The van der Waals surface area contributed by atoms with Crippen molar-refractivity contribution in [2.45, 2.75) is 17.9 Å². The first-order chi connectivity index (χ1) is 8.35. The highest BCUT2D eigenvalue weighted by Gasteiger charge is 2.14.